The average Bonchev–Trinajstić information content (AvgIpc) is 2.89. The summed E-state index contributed by atoms with van der Waals surface area (Å²) in [6.07, 6.45) is 0. The highest BCUT2D eigenvalue weighted by atomic mass is 35.5. The Kier molecular flexibility index (Phi) is 3.68. The third-order valence-corrected chi connectivity index (χ3v) is 3.68. The van der Waals surface area contributed by atoms with Crippen LogP contribution in [0.1, 0.15) is 10.4 Å². The fourth-order valence-corrected chi connectivity index (χ4v) is 2.72. The summed E-state index contributed by atoms with van der Waals surface area (Å²) in [6.45, 7) is 0. The molecule has 0 bridgehead atoms. The molecule has 1 aromatic heterocycles. The van der Waals surface area contributed by atoms with Crippen molar-refractivity contribution in [1.82, 2.24) is 4.98 Å². The first-order valence-corrected chi connectivity index (χ1v) is 6.99. The third-order valence-electron chi connectivity index (χ3n) is 3.12. The van der Waals surface area contributed by atoms with Crippen LogP contribution in [0.25, 0.3) is 22.6 Å². The van der Waals surface area contributed by atoms with Gasteiger partial charge in [0.1, 0.15) is 5.52 Å². The number of fused-ring (bicyclic) bond motifs is 1. The summed E-state index contributed by atoms with van der Waals surface area (Å²) >= 11 is 12.2. The van der Waals surface area contributed by atoms with E-state index in [2.05, 4.69) is 4.98 Å². The van der Waals surface area contributed by atoms with Gasteiger partial charge in [-0.05, 0) is 30.3 Å². The number of halogens is 2. The molecule has 22 heavy (non-hydrogen) atoms. The molecule has 0 aliphatic carbocycles. The van der Waals surface area contributed by atoms with Crippen LogP contribution < -0.4 is 10.5 Å². The maximum atomic E-state index is 11.2. The summed E-state index contributed by atoms with van der Waals surface area (Å²) in [5, 5.41) is 0.704. The molecule has 5 nitrogen and oxygen atoms in total. The van der Waals surface area contributed by atoms with Gasteiger partial charge in [0, 0.05) is 11.1 Å². The lowest BCUT2D eigenvalue weighted by molar-refractivity contribution is 0.100. The molecular weight excluding hydrogens is 327 g/mol. The number of methoxy groups -OCH3 is 1. The maximum Gasteiger partial charge on any atom is 0.248 e. The molecule has 1 amide bonds. The topological polar surface area (TPSA) is 78.4 Å². The lowest BCUT2D eigenvalue weighted by atomic mass is 10.2. The number of ether oxygens (including phenoxy) is 1. The van der Waals surface area contributed by atoms with E-state index in [1.807, 2.05) is 0 Å². The highest BCUT2D eigenvalue weighted by Gasteiger charge is 2.15. The van der Waals surface area contributed by atoms with Gasteiger partial charge in [-0.15, -0.1) is 0 Å². The first-order chi connectivity index (χ1) is 10.5. The Labute approximate surface area is 135 Å². The minimum absolute atomic E-state index is 0.336. The van der Waals surface area contributed by atoms with Gasteiger partial charge in [0.15, 0.2) is 11.3 Å². The van der Waals surface area contributed by atoms with Crippen LogP contribution in [0.4, 0.5) is 0 Å². The molecule has 0 aliphatic heterocycles. The largest absolute Gasteiger partial charge is 0.494 e. The highest BCUT2D eigenvalue weighted by Crippen LogP contribution is 2.37. The summed E-state index contributed by atoms with van der Waals surface area (Å²) in [4.78, 5) is 15.5. The number of hydrogen-bond acceptors (Lipinski definition) is 4. The van der Waals surface area contributed by atoms with Crippen LogP contribution in [0.5, 0.6) is 5.75 Å². The Morgan fingerprint density at radius 1 is 1.23 bits per heavy atom. The van der Waals surface area contributed by atoms with Gasteiger partial charge in [-0.25, -0.2) is 4.98 Å². The van der Waals surface area contributed by atoms with Crippen LogP contribution in [0.3, 0.4) is 0 Å². The molecule has 0 fully saturated rings. The van der Waals surface area contributed by atoms with Gasteiger partial charge in [-0.1, -0.05) is 23.2 Å². The predicted octanol–water partition coefficient (Wildman–Crippen LogP) is 3.91. The maximum absolute atomic E-state index is 11.2. The second kappa shape index (κ2) is 5.51. The second-order valence-electron chi connectivity index (χ2n) is 4.54. The van der Waals surface area contributed by atoms with Crippen molar-refractivity contribution in [3.63, 3.8) is 0 Å². The number of benzene rings is 2. The van der Waals surface area contributed by atoms with Crippen molar-refractivity contribution < 1.29 is 13.9 Å². The van der Waals surface area contributed by atoms with E-state index in [0.717, 1.165) is 0 Å². The van der Waals surface area contributed by atoms with E-state index in [1.54, 1.807) is 30.3 Å². The standard InChI is InChI=1S/C15H10Cl2N2O3/c1-21-13-9(16)4-8(5-10(13)17)15-19-11-6-7(14(18)20)2-3-12(11)22-15/h2-6H,1H3,(H2,18,20). The number of nitrogens with two attached hydrogens (primary N) is 1. The second-order valence-corrected chi connectivity index (χ2v) is 5.35. The molecule has 0 unspecified atom stereocenters. The Hall–Kier alpha value is -2.24. The van der Waals surface area contributed by atoms with E-state index in [-0.39, 0.29) is 0 Å². The van der Waals surface area contributed by atoms with Gasteiger partial charge < -0.3 is 14.9 Å². The summed E-state index contributed by atoms with van der Waals surface area (Å²) in [6, 6.07) is 8.07. The van der Waals surface area contributed by atoms with Gasteiger partial charge in [0.2, 0.25) is 11.8 Å². The van der Waals surface area contributed by atoms with Crippen LogP contribution in [0.15, 0.2) is 34.7 Å². The summed E-state index contributed by atoms with van der Waals surface area (Å²) in [5.41, 5.74) is 7.27. The van der Waals surface area contributed by atoms with Gasteiger partial charge in [0.05, 0.1) is 17.2 Å². The zero-order valence-electron chi connectivity index (χ0n) is 11.4. The van der Waals surface area contributed by atoms with Gasteiger partial charge in [-0.2, -0.15) is 0 Å². The molecule has 0 aliphatic rings. The molecule has 7 heteroatoms. The molecule has 0 atom stereocenters. The number of aromatic nitrogens is 1. The molecule has 0 radical (unpaired) electrons. The van der Waals surface area contributed by atoms with E-state index >= 15 is 0 Å². The van der Waals surface area contributed by atoms with Gasteiger partial charge >= 0.3 is 0 Å². The van der Waals surface area contributed by atoms with Gasteiger partial charge in [-0.3, -0.25) is 4.79 Å². The molecule has 3 rings (SSSR count). The Balaban J connectivity index is 2.12. The number of nitrogens with zero attached hydrogens (tertiary/aromatic N) is 1. The zero-order valence-corrected chi connectivity index (χ0v) is 12.9. The van der Waals surface area contributed by atoms with Crippen molar-refractivity contribution in [2.45, 2.75) is 0 Å². The Morgan fingerprint density at radius 3 is 2.50 bits per heavy atom. The van der Waals surface area contributed by atoms with Crippen LogP contribution in [0, 0.1) is 0 Å². The van der Waals surface area contributed by atoms with E-state index in [9.17, 15) is 4.79 Å². The van der Waals surface area contributed by atoms with Crippen molar-refractivity contribution in [3.8, 4) is 17.2 Å². The summed E-state index contributed by atoms with van der Waals surface area (Å²) < 4.78 is 10.8. The quantitative estimate of drug-likeness (QED) is 0.786. The Bertz CT molecular complexity index is 867. The summed E-state index contributed by atoms with van der Waals surface area (Å²) in [7, 11) is 1.48. The number of carbonyl (C=O) groups excluding carboxylic acids is 1. The van der Waals surface area contributed by atoms with Crippen LogP contribution in [-0.2, 0) is 0 Å². The number of primary amides is 1. The molecule has 112 valence electrons. The van der Waals surface area contributed by atoms with E-state index in [1.165, 1.54) is 7.11 Å². The number of amides is 1. The highest BCUT2D eigenvalue weighted by molar-refractivity contribution is 6.37. The average molecular weight is 337 g/mol. The fraction of sp³-hybridized carbons (Fsp3) is 0.0667. The first kappa shape index (κ1) is 14.7. The van der Waals surface area contributed by atoms with Crippen molar-refractivity contribution in [1.29, 1.82) is 0 Å². The zero-order chi connectivity index (χ0) is 15.9. The first-order valence-electron chi connectivity index (χ1n) is 6.23. The van der Waals surface area contributed by atoms with Crippen LogP contribution in [-0.4, -0.2) is 18.0 Å². The predicted molar refractivity (Wildman–Crippen MR) is 84.5 cm³/mol. The fourth-order valence-electron chi connectivity index (χ4n) is 2.08. The van der Waals surface area contributed by atoms with E-state index in [0.29, 0.717) is 43.9 Å². The molecule has 0 saturated heterocycles. The minimum Gasteiger partial charge on any atom is -0.494 e. The van der Waals surface area contributed by atoms with Gasteiger partial charge in [0.25, 0.3) is 0 Å². The number of hydrogen-bond donors (Lipinski definition) is 1. The Morgan fingerprint density at radius 2 is 1.91 bits per heavy atom. The minimum atomic E-state index is -0.526. The van der Waals surface area contributed by atoms with Crippen molar-refractivity contribution >= 4 is 40.2 Å². The molecule has 0 saturated carbocycles. The number of rotatable bonds is 3. The lowest BCUT2D eigenvalue weighted by Gasteiger charge is -2.06. The van der Waals surface area contributed by atoms with Crippen molar-refractivity contribution in [3.05, 3.63) is 45.9 Å². The molecule has 2 N–H and O–H groups in total. The summed E-state index contributed by atoms with van der Waals surface area (Å²) in [5.74, 6) is 0.198. The SMILES string of the molecule is COc1c(Cl)cc(-c2nc3cc(C(N)=O)ccc3o2)cc1Cl. The third kappa shape index (κ3) is 2.49. The normalized spacial score (nSPS) is 10.9. The van der Waals surface area contributed by atoms with Crippen LogP contribution in [0.2, 0.25) is 10.0 Å². The van der Waals surface area contributed by atoms with Crippen molar-refractivity contribution in [2.24, 2.45) is 5.73 Å². The number of carbonyl (C=O) groups is 1. The molecular formula is C15H10Cl2N2O3. The smallest absolute Gasteiger partial charge is 0.248 e. The molecule has 3 aromatic rings. The van der Waals surface area contributed by atoms with E-state index < -0.39 is 5.91 Å². The lowest BCUT2D eigenvalue weighted by Crippen LogP contribution is -2.10. The van der Waals surface area contributed by atoms with Crippen LogP contribution >= 0.6 is 23.2 Å². The monoisotopic (exact) mass is 336 g/mol. The van der Waals surface area contributed by atoms with E-state index in [4.69, 9.17) is 38.1 Å². The molecule has 1 heterocycles. The molecule has 0 spiro atoms. The number of oxazole rings is 1. The molecule has 2 aromatic carbocycles. The van der Waals surface area contributed by atoms with Crippen molar-refractivity contribution in [2.75, 3.05) is 7.11 Å².